The minimum Gasteiger partial charge on any atom is -0.465 e. The van der Waals surface area contributed by atoms with E-state index in [0.29, 0.717) is 16.8 Å². The molecule has 0 fully saturated rings. The minimum absolute atomic E-state index is 0.167. The summed E-state index contributed by atoms with van der Waals surface area (Å²) in [7, 11) is 1.18. The number of nitrogens with zero attached hydrogens (tertiary/aromatic N) is 2. The number of anilines is 1. The van der Waals surface area contributed by atoms with Crippen molar-refractivity contribution < 1.29 is 13.9 Å². The number of hydrogen-bond donors (Lipinski definition) is 3. The first-order valence-electron chi connectivity index (χ1n) is 7.02. The van der Waals surface area contributed by atoms with E-state index in [1.54, 1.807) is 30.3 Å². The second-order valence-corrected chi connectivity index (χ2v) is 4.86. The summed E-state index contributed by atoms with van der Waals surface area (Å²) in [6, 6.07) is 12.7. The number of hydrazone groups is 1. The molecule has 0 atom stereocenters. The number of carbonyl (C=O) groups is 1. The second kappa shape index (κ2) is 7.70. The van der Waals surface area contributed by atoms with Crippen molar-refractivity contribution >= 4 is 23.2 Å². The topological polar surface area (TPSA) is 124 Å². The summed E-state index contributed by atoms with van der Waals surface area (Å²) in [5.41, 5.74) is 9.23. The number of nitrogens with two attached hydrogens (primary N) is 1. The average molecular weight is 339 g/mol. The number of rotatable bonds is 5. The molecule has 2 aromatic rings. The molecular formula is C17H14FN5O2. The number of ether oxygens (including phenoxy) is 1. The number of nitriles is 1. The van der Waals surface area contributed by atoms with Gasteiger partial charge in [0.05, 0.1) is 18.4 Å². The Hall–Kier alpha value is -3.73. The van der Waals surface area contributed by atoms with Crippen LogP contribution in [0.2, 0.25) is 0 Å². The number of halogens is 1. The number of esters is 1. The Balaban J connectivity index is 2.35. The SMILES string of the molecule is COC(=O)c1cc(-c2cccc(N/N=C(\C#N)C(=N)N)c2)ccc1F. The van der Waals surface area contributed by atoms with Crippen molar-refractivity contribution in [3.8, 4) is 17.2 Å². The molecule has 0 aliphatic heterocycles. The number of nitrogens with one attached hydrogen (secondary N) is 2. The van der Waals surface area contributed by atoms with E-state index in [4.69, 9.17) is 16.4 Å². The van der Waals surface area contributed by atoms with Crippen molar-refractivity contribution in [2.24, 2.45) is 10.8 Å². The summed E-state index contributed by atoms with van der Waals surface area (Å²) >= 11 is 0. The molecule has 0 radical (unpaired) electrons. The van der Waals surface area contributed by atoms with E-state index < -0.39 is 17.6 Å². The smallest absolute Gasteiger partial charge is 0.340 e. The molecule has 8 heteroatoms. The Kier molecular flexibility index (Phi) is 5.43. The lowest BCUT2D eigenvalue weighted by atomic mass is 10.0. The van der Waals surface area contributed by atoms with E-state index in [1.165, 1.54) is 25.3 Å². The summed E-state index contributed by atoms with van der Waals surface area (Å²) in [5.74, 6) is -1.89. The van der Waals surface area contributed by atoms with Crippen LogP contribution in [0, 0.1) is 22.6 Å². The molecular weight excluding hydrogens is 325 g/mol. The van der Waals surface area contributed by atoms with Gasteiger partial charge >= 0.3 is 5.97 Å². The van der Waals surface area contributed by atoms with E-state index in [-0.39, 0.29) is 11.3 Å². The number of carbonyl (C=O) groups excluding carboxylic acids is 1. The maximum atomic E-state index is 13.7. The predicted molar refractivity (Wildman–Crippen MR) is 91.8 cm³/mol. The van der Waals surface area contributed by atoms with E-state index in [0.717, 1.165) is 0 Å². The number of benzene rings is 2. The van der Waals surface area contributed by atoms with Gasteiger partial charge in [0.2, 0.25) is 5.71 Å². The predicted octanol–water partition coefficient (Wildman–Crippen LogP) is 2.51. The van der Waals surface area contributed by atoms with E-state index >= 15 is 0 Å². The van der Waals surface area contributed by atoms with E-state index in [2.05, 4.69) is 15.3 Å². The standard InChI is InChI=1S/C17H14FN5O2/c1-25-17(24)13-8-11(5-6-14(13)18)10-3-2-4-12(7-10)22-23-15(9-19)16(20)21/h2-8,22H,1H3,(H3,20,21)/b23-15+. The van der Waals surface area contributed by atoms with Crippen molar-refractivity contribution in [1.29, 1.82) is 10.7 Å². The summed E-state index contributed by atoms with van der Waals surface area (Å²) < 4.78 is 18.3. The highest BCUT2D eigenvalue weighted by Gasteiger charge is 2.13. The summed E-state index contributed by atoms with van der Waals surface area (Å²) in [6.45, 7) is 0. The zero-order valence-corrected chi connectivity index (χ0v) is 13.2. The molecule has 126 valence electrons. The van der Waals surface area contributed by atoms with Crippen molar-refractivity contribution in [2.75, 3.05) is 12.5 Å². The second-order valence-electron chi connectivity index (χ2n) is 4.86. The van der Waals surface area contributed by atoms with Gasteiger partial charge in [0.15, 0.2) is 5.84 Å². The Bertz CT molecular complexity index is 902. The van der Waals surface area contributed by atoms with Crippen molar-refractivity contribution in [3.63, 3.8) is 0 Å². The van der Waals surface area contributed by atoms with Crippen molar-refractivity contribution in [2.45, 2.75) is 0 Å². The quantitative estimate of drug-likeness (QED) is 0.334. The van der Waals surface area contributed by atoms with Crippen LogP contribution >= 0.6 is 0 Å². The van der Waals surface area contributed by atoms with Crippen LogP contribution in [0.5, 0.6) is 0 Å². The molecule has 0 amide bonds. The van der Waals surface area contributed by atoms with Crippen LogP contribution in [-0.4, -0.2) is 24.6 Å². The Morgan fingerprint density at radius 1 is 1.32 bits per heavy atom. The molecule has 25 heavy (non-hydrogen) atoms. The van der Waals surface area contributed by atoms with Gasteiger partial charge in [-0.15, -0.1) is 0 Å². The first-order chi connectivity index (χ1) is 12.0. The Labute approximate surface area is 143 Å². The zero-order chi connectivity index (χ0) is 18.4. The van der Waals surface area contributed by atoms with Crippen LogP contribution in [0.1, 0.15) is 10.4 Å². The van der Waals surface area contributed by atoms with Crippen molar-refractivity contribution in [3.05, 3.63) is 53.8 Å². The first-order valence-corrected chi connectivity index (χ1v) is 7.02. The van der Waals surface area contributed by atoms with Gasteiger partial charge in [-0.05, 0) is 35.4 Å². The molecule has 0 aliphatic rings. The monoisotopic (exact) mass is 339 g/mol. The van der Waals surface area contributed by atoms with Gasteiger partial charge in [-0.2, -0.15) is 10.4 Å². The maximum absolute atomic E-state index is 13.7. The van der Waals surface area contributed by atoms with Gasteiger partial charge in [0, 0.05) is 0 Å². The summed E-state index contributed by atoms with van der Waals surface area (Å²) in [4.78, 5) is 11.6. The molecule has 0 bridgehead atoms. The van der Waals surface area contributed by atoms with E-state index in [9.17, 15) is 9.18 Å². The molecule has 2 rings (SSSR count). The van der Waals surface area contributed by atoms with Crippen LogP contribution in [0.15, 0.2) is 47.6 Å². The van der Waals surface area contributed by atoms with Gasteiger partial charge in [-0.25, -0.2) is 9.18 Å². The largest absolute Gasteiger partial charge is 0.465 e. The molecule has 0 aromatic heterocycles. The first kappa shape index (κ1) is 17.6. The lowest BCUT2D eigenvalue weighted by molar-refractivity contribution is 0.0595. The third kappa shape index (κ3) is 4.17. The molecule has 0 saturated heterocycles. The molecule has 0 aliphatic carbocycles. The third-order valence-corrected chi connectivity index (χ3v) is 3.23. The van der Waals surface area contributed by atoms with Crippen LogP contribution in [-0.2, 0) is 4.74 Å². The molecule has 2 aromatic carbocycles. The molecule has 0 unspecified atom stereocenters. The van der Waals surface area contributed by atoms with Crippen LogP contribution in [0.4, 0.5) is 10.1 Å². The number of methoxy groups -OCH3 is 1. The fourth-order valence-corrected chi connectivity index (χ4v) is 2.01. The Morgan fingerprint density at radius 3 is 2.68 bits per heavy atom. The van der Waals surface area contributed by atoms with Gasteiger partial charge < -0.3 is 10.5 Å². The molecule has 7 nitrogen and oxygen atoms in total. The lowest BCUT2D eigenvalue weighted by Gasteiger charge is -2.08. The molecule has 4 N–H and O–H groups in total. The molecule has 0 saturated carbocycles. The normalized spacial score (nSPS) is 10.7. The number of hydrogen-bond acceptors (Lipinski definition) is 6. The highest BCUT2D eigenvalue weighted by Crippen LogP contribution is 2.25. The van der Waals surface area contributed by atoms with Crippen molar-refractivity contribution in [1.82, 2.24) is 0 Å². The van der Waals surface area contributed by atoms with Gasteiger partial charge in [0.25, 0.3) is 0 Å². The van der Waals surface area contributed by atoms with Crippen LogP contribution in [0.25, 0.3) is 11.1 Å². The average Bonchev–Trinajstić information content (AvgIpc) is 2.62. The summed E-state index contributed by atoms with van der Waals surface area (Å²) in [5, 5.41) is 19.8. The highest BCUT2D eigenvalue weighted by molar-refractivity contribution is 6.45. The lowest BCUT2D eigenvalue weighted by Crippen LogP contribution is -2.21. The van der Waals surface area contributed by atoms with Crippen LogP contribution in [0.3, 0.4) is 0 Å². The fraction of sp³-hybridized carbons (Fsp3) is 0.0588. The van der Waals surface area contributed by atoms with Gasteiger partial charge in [-0.3, -0.25) is 10.8 Å². The zero-order valence-electron chi connectivity index (χ0n) is 13.2. The van der Waals surface area contributed by atoms with Gasteiger partial charge in [0.1, 0.15) is 11.9 Å². The number of amidine groups is 1. The highest BCUT2D eigenvalue weighted by atomic mass is 19.1. The fourth-order valence-electron chi connectivity index (χ4n) is 2.01. The minimum atomic E-state index is -0.765. The summed E-state index contributed by atoms with van der Waals surface area (Å²) in [6.07, 6.45) is 0. The Morgan fingerprint density at radius 2 is 2.04 bits per heavy atom. The maximum Gasteiger partial charge on any atom is 0.340 e. The molecule has 0 spiro atoms. The third-order valence-electron chi connectivity index (χ3n) is 3.23. The van der Waals surface area contributed by atoms with E-state index in [1.807, 2.05) is 0 Å². The van der Waals surface area contributed by atoms with Crippen LogP contribution < -0.4 is 11.2 Å². The van der Waals surface area contributed by atoms with Gasteiger partial charge in [-0.1, -0.05) is 18.2 Å². The molecule has 0 heterocycles.